The van der Waals surface area contributed by atoms with Gasteiger partial charge >= 0.3 is 0 Å². The molecule has 0 N–H and O–H groups in total. The summed E-state index contributed by atoms with van der Waals surface area (Å²) in [5, 5.41) is 4.63. The van der Waals surface area contributed by atoms with Crippen molar-refractivity contribution in [2.24, 2.45) is 0 Å². The van der Waals surface area contributed by atoms with Crippen LogP contribution in [0.2, 0.25) is 0 Å². The highest BCUT2D eigenvalue weighted by Gasteiger charge is 2.06. The van der Waals surface area contributed by atoms with Gasteiger partial charge in [-0.15, -0.1) is 0 Å². The average molecular weight is 173 g/mol. The second-order valence-electron chi connectivity index (χ2n) is 3.32. The van der Waals surface area contributed by atoms with Gasteiger partial charge in [0.2, 0.25) is 0 Å². The van der Waals surface area contributed by atoms with Crippen LogP contribution in [0.3, 0.4) is 0 Å². The van der Waals surface area contributed by atoms with Gasteiger partial charge in [-0.3, -0.25) is 0 Å². The van der Waals surface area contributed by atoms with Crippen LogP contribution in [-0.4, -0.2) is 62.2 Å². The van der Waals surface area contributed by atoms with Gasteiger partial charge in [-0.1, -0.05) is 13.8 Å². The van der Waals surface area contributed by atoms with Crippen LogP contribution in [0.5, 0.6) is 0 Å². The summed E-state index contributed by atoms with van der Waals surface area (Å²) in [5.41, 5.74) is 0. The SMILES string of the molecule is CCN(C)N(CC)CCN(C)C. The van der Waals surface area contributed by atoms with Gasteiger partial charge in [0.25, 0.3) is 0 Å². The van der Waals surface area contributed by atoms with E-state index in [1.54, 1.807) is 0 Å². The predicted molar refractivity (Wildman–Crippen MR) is 54.1 cm³/mol. The van der Waals surface area contributed by atoms with Crippen LogP contribution in [0.25, 0.3) is 0 Å². The van der Waals surface area contributed by atoms with E-state index in [0.29, 0.717) is 0 Å². The quantitative estimate of drug-likeness (QED) is 0.548. The summed E-state index contributed by atoms with van der Waals surface area (Å²) in [7, 11) is 6.36. The van der Waals surface area contributed by atoms with Gasteiger partial charge in [-0.25, -0.2) is 10.0 Å². The summed E-state index contributed by atoms with van der Waals surface area (Å²) in [6, 6.07) is 0. The Morgan fingerprint density at radius 3 is 1.75 bits per heavy atom. The van der Waals surface area contributed by atoms with Gasteiger partial charge in [0.1, 0.15) is 0 Å². The maximum atomic E-state index is 2.36. The fraction of sp³-hybridized carbons (Fsp3) is 1.00. The molecule has 0 amide bonds. The third kappa shape index (κ3) is 4.70. The first-order chi connectivity index (χ1) is 5.61. The minimum Gasteiger partial charge on any atom is -0.308 e. The van der Waals surface area contributed by atoms with Crippen LogP contribution in [0.15, 0.2) is 0 Å². The van der Waals surface area contributed by atoms with E-state index in [9.17, 15) is 0 Å². The number of likely N-dealkylation sites (N-methyl/N-ethyl adjacent to an activating group) is 2. The molecule has 74 valence electrons. The van der Waals surface area contributed by atoms with Crippen molar-refractivity contribution < 1.29 is 0 Å². The van der Waals surface area contributed by atoms with Crippen LogP contribution in [0.4, 0.5) is 0 Å². The zero-order valence-corrected chi connectivity index (χ0v) is 9.17. The molecule has 0 aliphatic heterocycles. The van der Waals surface area contributed by atoms with Crippen LogP contribution in [-0.2, 0) is 0 Å². The molecule has 0 atom stereocenters. The summed E-state index contributed by atoms with van der Waals surface area (Å²) in [5.74, 6) is 0. The summed E-state index contributed by atoms with van der Waals surface area (Å²) >= 11 is 0. The summed E-state index contributed by atoms with van der Waals surface area (Å²) in [4.78, 5) is 2.21. The van der Waals surface area contributed by atoms with Gasteiger partial charge in [-0.2, -0.15) is 0 Å². The minimum atomic E-state index is 1.08. The van der Waals surface area contributed by atoms with Gasteiger partial charge in [0.15, 0.2) is 0 Å². The van der Waals surface area contributed by atoms with Crippen LogP contribution in [0.1, 0.15) is 13.8 Å². The molecule has 0 saturated heterocycles. The Morgan fingerprint density at radius 1 is 0.833 bits per heavy atom. The largest absolute Gasteiger partial charge is 0.308 e. The predicted octanol–water partition coefficient (Wildman–Crippen LogP) is 0.737. The van der Waals surface area contributed by atoms with Crippen molar-refractivity contribution >= 4 is 0 Å². The molecule has 0 unspecified atom stereocenters. The number of hydrogen-bond donors (Lipinski definition) is 0. The van der Waals surface area contributed by atoms with E-state index >= 15 is 0 Å². The lowest BCUT2D eigenvalue weighted by atomic mass is 10.5. The number of hydrogen-bond acceptors (Lipinski definition) is 3. The van der Waals surface area contributed by atoms with E-state index in [2.05, 4.69) is 49.9 Å². The van der Waals surface area contributed by atoms with Gasteiger partial charge < -0.3 is 4.90 Å². The zero-order valence-electron chi connectivity index (χ0n) is 9.17. The van der Waals surface area contributed by atoms with Crippen molar-refractivity contribution in [2.45, 2.75) is 13.8 Å². The molecule has 12 heavy (non-hydrogen) atoms. The molecule has 0 radical (unpaired) electrons. The van der Waals surface area contributed by atoms with E-state index < -0.39 is 0 Å². The third-order valence-electron chi connectivity index (χ3n) is 2.11. The molecule has 0 rings (SSSR count). The lowest BCUT2D eigenvalue weighted by molar-refractivity contribution is 0.00500. The molecule has 0 aromatic carbocycles. The minimum absolute atomic E-state index is 1.08. The summed E-state index contributed by atoms with van der Waals surface area (Å²) in [6.07, 6.45) is 0. The second-order valence-corrected chi connectivity index (χ2v) is 3.32. The number of nitrogens with zero attached hydrogens (tertiary/aromatic N) is 3. The first-order valence-electron chi connectivity index (χ1n) is 4.72. The summed E-state index contributed by atoms with van der Waals surface area (Å²) < 4.78 is 0. The molecule has 0 bridgehead atoms. The maximum absolute atomic E-state index is 2.36. The van der Waals surface area contributed by atoms with Gasteiger partial charge in [0, 0.05) is 33.2 Å². The Balaban J connectivity index is 3.67. The monoisotopic (exact) mass is 173 g/mol. The second kappa shape index (κ2) is 6.40. The van der Waals surface area contributed by atoms with E-state index in [-0.39, 0.29) is 0 Å². The van der Waals surface area contributed by atoms with E-state index in [1.807, 2.05) is 0 Å². The molecule has 0 spiro atoms. The Morgan fingerprint density at radius 2 is 1.42 bits per heavy atom. The van der Waals surface area contributed by atoms with Crippen LogP contribution in [0, 0.1) is 0 Å². The number of rotatable bonds is 6. The molecular weight excluding hydrogens is 150 g/mol. The van der Waals surface area contributed by atoms with Crippen molar-refractivity contribution in [1.82, 2.24) is 14.9 Å². The molecule has 0 aliphatic rings. The normalized spacial score (nSPS) is 12.0. The highest BCUT2D eigenvalue weighted by Crippen LogP contribution is 1.93. The highest BCUT2D eigenvalue weighted by molar-refractivity contribution is 4.53. The van der Waals surface area contributed by atoms with Crippen molar-refractivity contribution in [3.05, 3.63) is 0 Å². The topological polar surface area (TPSA) is 9.72 Å². The summed E-state index contributed by atoms with van der Waals surface area (Å²) in [6.45, 7) is 8.80. The van der Waals surface area contributed by atoms with Crippen LogP contribution < -0.4 is 0 Å². The Kier molecular flexibility index (Phi) is 6.34. The first-order valence-corrected chi connectivity index (χ1v) is 4.72. The molecule has 0 aromatic heterocycles. The fourth-order valence-corrected chi connectivity index (χ4v) is 1.09. The van der Waals surface area contributed by atoms with Gasteiger partial charge in [-0.05, 0) is 14.1 Å². The lowest BCUT2D eigenvalue weighted by Gasteiger charge is -2.30. The molecular formula is C9H23N3. The van der Waals surface area contributed by atoms with Gasteiger partial charge in [0.05, 0.1) is 0 Å². The highest BCUT2D eigenvalue weighted by atomic mass is 15.6. The van der Waals surface area contributed by atoms with E-state index in [0.717, 1.165) is 26.2 Å². The molecule has 0 aliphatic carbocycles. The third-order valence-corrected chi connectivity index (χ3v) is 2.11. The molecule has 0 fully saturated rings. The Hall–Kier alpha value is -0.120. The Labute approximate surface area is 76.9 Å². The zero-order chi connectivity index (χ0) is 9.56. The molecule has 3 heteroatoms. The molecule has 0 aromatic rings. The first kappa shape index (κ1) is 11.9. The van der Waals surface area contributed by atoms with Crippen molar-refractivity contribution in [2.75, 3.05) is 47.3 Å². The molecule has 0 heterocycles. The molecule has 3 nitrogen and oxygen atoms in total. The Bertz CT molecular complexity index is 104. The van der Waals surface area contributed by atoms with Crippen molar-refractivity contribution in [3.63, 3.8) is 0 Å². The number of hydrazine groups is 1. The van der Waals surface area contributed by atoms with Crippen LogP contribution >= 0.6 is 0 Å². The van der Waals surface area contributed by atoms with E-state index in [1.165, 1.54) is 0 Å². The van der Waals surface area contributed by atoms with Crippen molar-refractivity contribution in [1.29, 1.82) is 0 Å². The standard InChI is InChI=1S/C9H23N3/c1-6-11(5)12(7-2)9-8-10(3)4/h6-9H2,1-5H3. The smallest absolute Gasteiger partial charge is 0.0260 e. The maximum Gasteiger partial charge on any atom is 0.0260 e. The van der Waals surface area contributed by atoms with E-state index in [4.69, 9.17) is 0 Å². The molecule has 0 saturated carbocycles. The van der Waals surface area contributed by atoms with Crippen molar-refractivity contribution in [3.8, 4) is 0 Å². The lowest BCUT2D eigenvalue weighted by Crippen LogP contribution is -2.43. The fourth-order valence-electron chi connectivity index (χ4n) is 1.09. The average Bonchev–Trinajstić information content (AvgIpc) is 2.04.